The molecule has 0 spiro atoms. The number of likely N-dealkylation sites (tertiary alicyclic amines) is 1. The van der Waals surface area contributed by atoms with Gasteiger partial charge in [0, 0.05) is 13.1 Å². The summed E-state index contributed by atoms with van der Waals surface area (Å²) in [5, 5.41) is 0. The summed E-state index contributed by atoms with van der Waals surface area (Å²) in [5.41, 5.74) is -1.26. The zero-order valence-corrected chi connectivity index (χ0v) is 15.7. The Morgan fingerprint density at radius 3 is 2.27 bits per heavy atom. The van der Waals surface area contributed by atoms with Gasteiger partial charge in [0.05, 0.1) is 16.5 Å². The lowest BCUT2D eigenvalue weighted by atomic mass is 9.91. The minimum Gasteiger partial charge on any atom is -0.341 e. The van der Waals surface area contributed by atoms with E-state index in [2.05, 4.69) is 4.72 Å². The van der Waals surface area contributed by atoms with E-state index in [0.29, 0.717) is 19.2 Å². The predicted molar refractivity (Wildman–Crippen MR) is 90.8 cm³/mol. The smallest absolute Gasteiger partial charge is 0.341 e. The van der Waals surface area contributed by atoms with Gasteiger partial charge in [-0.25, -0.2) is 8.42 Å². The van der Waals surface area contributed by atoms with Crippen LogP contribution in [0, 0.1) is 11.8 Å². The van der Waals surface area contributed by atoms with E-state index in [0.717, 1.165) is 18.6 Å². The lowest BCUT2D eigenvalue weighted by Gasteiger charge is -2.36. The first kappa shape index (κ1) is 20.7. The molecule has 1 heterocycles. The van der Waals surface area contributed by atoms with E-state index in [1.54, 1.807) is 4.90 Å². The molecule has 0 bridgehead atoms. The molecular weight excluding hydrogens is 369 g/mol. The second kappa shape index (κ2) is 7.56. The van der Waals surface area contributed by atoms with Crippen molar-refractivity contribution in [1.82, 2.24) is 9.62 Å². The minimum atomic E-state index is -4.81. The van der Waals surface area contributed by atoms with Crippen molar-refractivity contribution in [2.24, 2.45) is 11.8 Å². The van der Waals surface area contributed by atoms with Crippen LogP contribution in [0.15, 0.2) is 29.2 Å². The molecule has 1 aliphatic heterocycles. The molecule has 0 aromatic heterocycles. The number of nitrogens with zero attached hydrogens (tertiary/aromatic N) is 1. The number of amides is 1. The Morgan fingerprint density at radius 1 is 1.19 bits per heavy atom. The fourth-order valence-electron chi connectivity index (χ4n) is 3.40. The molecule has 1 aliphatic rings. The van der Waals surface area contributed by atoms with Crippen molar-refractivity contribution in [1.29, 1.82) is 0 Å². The van der Waals surface area contributed by atoms with Crippen LogP contribution in [0.4, 0.5) is 13.2 Å². The molecule has 2 unspecified atom stereocenters. The van der Waals surface area contributed by atoms with Crippen molar-refractivity contribution in [2.75, 3.05) is 13.1 Å². The summed E-state index contributed by atoms with van der Waals surface area (Å²) in [4.78, 5) is 13.2. The SMILES string of the molecule is CC1CC(C)CN(C(=O)[C@H](C)NS(=O)(=O)c2ccccc2C(F)(F)F)C1. The molecule has 1 saturated heterocycles. The number of hydrogen-bond acceptors (Lipinski definition) is 3. The summed E-state index contributed by atoms with van der Waals surface area (Å²) in [6.45, 7) is 6.37. The van der Waals surface area contributed by atoms with Gasteiger partial charge in [0.2, 0.25) is 15.9 Å². The Bertz CT molecular complexity index is 755. The number of piperidine rings is 1. The first-order valence-corrected chi connectivity index (χ1v) is 9.87. The Morgan fingerprint density at radius 2 is 1.73 bits per heavy atom. The van der Waals surface area contributed by atoms with Gasteiger partial charge in [-0.1, -0.05) is 26.0 Å². The van der Waals surface area contributed by atoms with Crippen molar-refractivity contribution in [3.63, 3.8) is 0 Å². The highest BCUT2D eigenvalue weighted by Gasteiger charge is 2.38. The highest BCUT2D eigenvalue weighted by molar-refractivity contribution is 7.89. The van der Waals surface area contributed by atoms with Crippen LogP contribution >= 0.6 is 0 Å². The summed E-state index contributed by atoms with van der Waals surface area (Å²) in [5.74, 6) is 0.145. The molecule has 2 rings (SSSR count). The van der Waals surface area contributed by atoms with E-state index in [4.69, 9.17) is 0 Å². The van der Waals surface area contributed by atoms with Crippen LogP contribution in [0.1, 0.15) is 32.8 Å². The number of alkyl halides is 3. The molecule has 1 N–H and O–H groups in total. The fraction of sp³-hybridized carbons (Fsp3) is 0.588. The maximum absolute atomic E-state index is 13.1. The maximum Gasteiger partial charge on any atom is 0.417 e. The molecule has 0 radical (unpaired) electrons. The largest absolute Gasteiger partial charge is 0.417 e. The van der Waals surface area contributed by atoms with Crippen LogP contribution in [-0.4, -0.2) is 38.4 Å². The Labute approximate surface area is 151 Å². The van der Waals surface area contributed by atoms with Gasteiger partial charge in [0.1, 0.15) is 0 Å². The summed E-state index contributed by atoms with van der Waals surface area (Å²) >= 11 is 0. The van der Waals surface area contributed by atoms with Gasteiger partial charge in [-0.05, 0) is 37.3 Å². The third kappa shape index (κ3) is 4.76. The molecule has 5 nitrogen and oxygen atoms in total. The Kier molecular flexibility index (Phi) is 6.02. The van der Waals surface area contributed by atoms with E-state index in [1.807, 2.05) is 13.8 Å². The van der Waals surface area contributed by atoms with Crippen molar-refractivity contribution in [3.8, 4) is 0 Å². The normalized spacial score (nSPS) is 22.9. The van der Waals surface area contributed by atoms with Crippen LogP contribution in [0.5, 0.6) is 0 Å². The van der Waals surface area contributed by atoms with Crippen LogP contribution in [0.2, 0.25) is 0 Å². The highest BCUT2D eigenvalue weighted by Crippen LogP contribution is 2.34. The van der Waals surface area contributed by atoms with Gasteiger partial charge in [-0.2, -0.15) is 17.9 Å². The number of carbonyl (C=O) groups is 1. The third-order valence-corrected chi connectivity index (χ3v) is 5.96. The molecule has 0 aliphatic carbocycles. The monoisotopic (exact) mass is 392 g/mol. The molecular formula is C17H23F3N2O3S. The Balaban J connectivity index is 2.20. The number of rotatable bonds is 4. The molecule has 1 fully saturated rings. The number of halogens is 3. The zero-order chi connectivity index (χ0) is 19.7. The molecule has 1 amide bonds. The van der Waals surface area contributed by atoms with E-state index in [1.165, 1.54) is 13.0 Å². The summed E-state index contributed by atoms with van der Waals surface area (Å²) in [6, 6.07) is 2.76. The van der Waals surface area contributed by atoms with Crippen molar-refractivity contribution in [3.05, 3.63) is 29.8 Å². The van der Waals surface area contributed by atoms with Crippen molar-refractivity contribution in [2.45, 2.75) is 44.3 Å². The Hall–Kier alpha value is -1.61. The van der Waals surface area contributed by atoms with E-state index < -0.39 is 38.6 Å². The van der Waals surface area contributed by atoms with Crippen LogP contribution in [0.3, 0.4) is 0 Å². The number of hydrogen-bond donors (Lipinski definition) is 1. The number of nitrogens with one attached hydrogen (secondary N) is 1. The van der Waals surface area contributed by atoms with E-state index >= 15 is 0 Å². The fourth-order valence-corrected chi connectivity index (χ4v) is 4.82. The van der Waals surface area contributed by atoms with Crippen LogP contribution < -0.4 is 4.72 Å². The highest BCUT2D eigenvalue weighted by atomic mass is 32.2. The van der Waals surface area contributed by atoms with E-state index in [9.17, 15) is 26.4 Å². The van der Waals surface area contributed by atoms with Gasteiger partial charge in [0.25, 0.3) is 0 Å². The van der Waals surface area contributed by atoms with Gasteiger partial charge in [-0.3, -0.25) is 4.79 Å². The maximum atomic E-state index is 13.1. The van der Waals surface area contributed by atoms with Crippen LogP contribution in [0.25, 0.3) is 0 Å². The quantitative estimate of drug-likeness (QED) is 0.857. The first-order valence-electron chi connectivity index (χ1n) is 8.39. The molecule has 146 valence electrons. The molecule has 3 atom stereocenters. The predicted octanol–water partition coefficient (Wildman–Crippen LogP) is 2.88. The summed E-state index contributed by atoms with van der Waals surface area (Å²) in [7, 11) is -4.50. The summed E-state index contributed by atoms with van der Waals surface area (Å²) < 4.78 is 66.2. The zero-order valence-electron chi connectivity index (χ0n) is 14.9. The summed E-state index contributed by atoms with van der Waals surface area (Å²) in [6.07, 6.45) is -3.83. The lowest BCUT2D eigenvalue weighted by Crippen LogP contribution is -2.51. The number of sulfonamides is 1. The minimum absolute atomic E-state index is 0.289. The number of carbonyl (C=O) groups excluding carboxylic acids is 1. The molecule has 26 heavy (non-hydrogen) atoms. The van der Waals surface area contributed by atoms with Gasteiger partial charge in [-0.15, -0.1) is 0 Å². The average Bonchev–Trinajstić information content (AvgIpc) is 2.52. The second-order valence-corrected chi connectivity index (χ2v) is 8.71. The van der Waals surface area contributed by atoms with Crippen LogP contribution in [-0.2, 0) is 21.0 Å². The van der Waals surface area contributed by atoms with Gasteiger partial charge < -0.3 is 4.90 Å². The second-order valence-electron chi connectivity index (χ2n) is 7.03. The number of benzene rings is 1. The molecule has 1 aromatic carbocycles. The standard InChI is InChI=1S/C17H23F3N2O3S/c1-11-8-12(2)10-22(9-11)16(23)13(3)21-26(24,25)15-7-5-4-6-14(15)17(18,19)20/h4-7,11-13,21H,8-10H2,1-3H3/t11?,12?,13-/m0/s1. The topological polar surface area (TPSA) is 66.5 Å². The van der Waals surface area contributed by atoms with Gasteiger partial charge in [0.15, 0.2) is 0 Å². The molecule has 9 heteroatoms. The third-order valence-electron chi connectivity index (χ3n) is 4.36. The first-order chi connectivity index (χ1) is 11.9. The molecule has 1 aromatic rings. The lowest BCUT2D eigenvalue weighted by molar-refractivity contribution is -0.139. The van der Waals surface area contributed by atoms with Crippen molar-refractivity contribution >= 4 is 15.9 Å². The van der Waals surface area contributed by atoms with Crippen molar-refractivity contribution < 1.29 is 26.4 Å². The molecule has 0 saturated carbocycles. The average molecular weight is 392 g/mol. The van der Waals surface area contributed by atoms with E-state index in [-0.39, 0.29) is 11.8 Å². The van der Waals surface area contributed by atoms with Gasteiger partial charge >= 0.3 is 6.18 Å².